The molecule has 0 saturated heterocycles. The summed E-state index contributed by atoms with van der Waals surface area (Å²) in [5.41, 5.74) is 0.587. The van der Waals surface area contributed by atoms with E-state index in [1.807, 2.05) is 0 Å². The number of aromatic nitrogens is 1. The number of pyridine rings is 1. The summed E-state index contributed by atoms with van der Waals surface area (Å²) >= 11 is 0. The van der Waals surface area contributed by atoms with Gasteiger partial charge in [-0.25, -0.2) is 0 Å². The molecule has 19 heavy (non-hydrogen) atoms. The summed E-state index contributed by atoms with van der Waals surface area (Å²) in [5, 5.41) is 24.9. The van der Waals surface area contributed by atoms with E-state index in [2.05, 4.69) is 10.3 Å². The predicted molar refractivity (Wildman–Crippen MR) is 71.1 cm³/mol. The zero-order valence-electron chi connectivity index (χ0n) is 10.2. The van der Waals surface area contributed by atoms with Crippen molar-refractivity contribution in [3.8, 4) is 0 Å². The van der Waals surface area contributed by atoms with E-state index in [4.69, 9.17) is 0 Å². The highest BCUT2D eigenvalue weighted by molar-refractivity contribution is 5.99. The maximum Gasteiger partial charge on any atom is 0.278 e. The van der Waals surface area contributed by atoms with Gasteiger partial charge in [-0.05, 0) is 25.0 Å². The van der Waals surface area contributed by atoms with Gasteiger partial charge in [0, 0.05) is 29.5 Å². The van der Waals surface area contributed by atoms with Crippen molar-refractivity contribution in [2.45, 2.75) is 18.4 Å². The van der Waals surface area contributed by atoms with E-state index in [0.29, 0.717) is 5.39 Å². The Bertz CT molecular complexity index is 653. The smallest absolute Gasteiger partial charge is 0.278 e. The minimum atomic E-state index is -0.410. The first-order chi connectivity index (χ1) is 9.15. The Hall–Kier alpha value is -2.21. The minimum Gasteiger partial charge on any atom is -0.394 e. The highest BCUT2D eigenvalue weighted by Gasteiger charge is 2.42. The van der Waals surface area contributed by atoms with Crippen LogP contribution in [0.5, 0.6) is 0 Å². The number of aliphatic hydroxyl groups is 1. The lowest BCUT2D eigenvalue weighted by Crippen LogP contribution is -2.25. The van der Waals surface area contributed by atoms with Gasteiger partial charge in [-0.2, -0.15) is 0 Å². The fourth-order valence-electron chi connectivity index (χ4n) is 2.20. The molecule has 1 aliphatic rings. The van der Waals surface area contributed by atoms with Gasteiger partial charge in [0.05, 0.1) is 22.5 Å². The summed E-state index contributed by atoms with van der Waals surface area (Å²) in [6.07, 6.45) is 4.92. The maximum atomic E-state index is 11.0. The van der Waals surface area contributed by atoms with Crippen LogP contribution in [-0.4, -0.2) is 27.2 Å². The van der Waals surface area contributed by atoms with Gasteiger partial charge in [0.2, 0.25) is 0 Å². The molecule has 1 fully saturated rings. The van der Waals surface area contributed by atoms with Gasteiger partial charge in [0.25, 0.3) is 5.69 Å². The lowest BCUT2D eigenvalue weighted by atomic mass is 10.1. The Labute approximate surface area is 109 Å². The lowest BCUT2D eigenvalue weighted by molar-refractivity contribution is -0.383. The molecule has 1 aromatic heterocycles. The van der Waals surface area contributed by atoms with Crippen molar-refractivity contribution >= 4 is 22.1 Å². The van der Waals surface area contributed by atoms with E-state index >= 15 is 0 Å². The van der Waals surface area contributed by atoms with Gasteiger partial charge in [-0.1, -0.05) is 0 Å². The quantitative estimate of drug-likeness (QED) is 0.648. The second-order valence-corrected chi connectivity index (χ2v) is 4.87. The van der Waals surface area contributed by atoms with Crippen molar-refractivity contribution in [1.29, 1.82) is 0 Å². The van der Waals surface area contributed by atoms with Gasteiger partial charge in [0.15, 0.2) is 0 Å². The third-order valence-electron chi connectivity index (χ3n) is 3.55. The van der Waals surface area contributed by atoms with Gasteiger partial charge in [-0.3, -0.25) is 15.1 Å². The van der Waals surface area contributed by atoms with Gasteiger partial charge >= 0.3 is 0 Å². The largest absolute Gasteiger partial charge is 0.394 e. The number of hydrogen-bond donors (Lipinski definition) is 2. The molecular weight excluding hydrogens is 246 g/mol. The number of fused-ring (bicyclic) bond motifs is 1. The number of nitro groups is 1. The number of aliphatic hydroxyl groups excluding tert-OH is 1. The summed E-state index contributed by atoms with van der Waals surface area (Å²) in [6.45, 7) is 0.0660. The molecular formula is C13H13N3O3. The normalized spacial score (nSPS) is 16.3. The van der Waals surface area contributed by atoms with E-state index in [-0.39, 0.29) is 17.8 Å². The second-order valence-electron chi connectivity index (χ2n) is 4.87. The number of nitro benzene ring substituents is 1. The lowest BCUT2D eigenvalue weighted by Gasteiger charge is -2.17. The molecule has 6 heteroatoms. The van der Waals surface area contributed by atoms with Gasteiger partial charge in [0.1, 0.15) is 0 Å². The van der Waals surface area contributed by atoms with Crippen LogP contribution in [0, 0.1) is 10.1 Å². The van der Waals surface area contributed by atoms with Crippen LogP contribution in [0.4, 0.5) is 11.4 Å². The number of non-ortho nitro benzene ring substituents is 1. The number of rotatable bonds is 4. The molecule has 2 N–H and O–H groups in total. The van der Waals surface area contributed by atoms with Crippen LogP contribution < -0.4 is 5.32 Å². The molecule has 3 rings (SSSR count). The van der Waals surface area contributed by atoms with Gasteiger partial charge in [-0.15, -0.1) is 0 Å². The number of hydrogen-bond acceptors (Lipinski definition) is 5. The number of nitrogens with zero attached hydrogens (tertiary/aromatic N) is 2. The number of benzene rings is 1. The SMILES string of the molecule is O=[N+]([O-])c1ccc(NC2(CO)CC2)c2ccncc12. The number of nitrogens with one attached hydrogen (secondary N) is 1. The van der Waals surface area contributed by atoms with Crippen molar-refractivity contribution in [1.82, 2.24) is 4.98 Å². The molecule has 0 bridgehead atoms. The van der Waals surface area contributed by atoms with E-state index in [0.717, 1.165) is 23.9 Å². The van der Waals surface area contributed by atoms with Crippen LogP contribution in [-0.2, 0) is 0 Å². The third-order valence-corrected chi connectivity index (χ3v) is 3.55. The fourth-order valence-corrected chi connectivity index (χ4v) is 2.20. The predicted octanol–water partition coefficient (Wildman–Crippen LogP) is 2.08. The summed E-state index contributed by atoms with van der Waals surface area (Å²) in [6, 6.07) is 4.91. The van der Waals surface area contributed by atoms with Crippen LogP contribution in [0.25, 0.3) is 10.8 Å². The topological polar surface area (TPSA) is 88.3 Å². The van der Waals surface area contributed by atoms with Crippen molar-refractivity contribution < 1.29 is 10.0 Å². The van der Waals surface area contributed by atoms with Crippen molar-refractivity contribution in [3.05, 3.63) is 40.7 Å². The Balaban J connectivity index is 2.11. The van der Waals surface area contributed by atoms with E-state index in [1.54, 1.807) is 18.3 Å². The molecule has 1 saturated carbocycles. The summed E-state index contributed by atoms with van der Waals surface area (Å²) in [4.78, 5) is 14.5. The Morgan fingerprint density at radius 1 is 1.37 bits per heavy atom. The van der Waals surface area contributed by atoms with Crippen LogP contribution in [0.3, 0.4) is 0 Å². The molecule has 0 radical (unpaired) electrons. The standard InChI is InChI=1S/C13H13N3O3/c17-8-13(4-5-13)15-11-1-2-12(16(18)19)10-7-14-6-3-9(10)11/h1-3,6-7,15,17H,4-5,8H2. The van der Waals surface area contributed by atoms with E-state index in [9.17, 15) is 15.2 Å². The van der Waals surface area contributed by atoms with Crippen LogP contribution in [0.1, 0.15) is 12.8 Å². The first kappa shape index (κ1) is 11.9. The van der Waals surface area contributed by atoms with E-state index in [1.165, 1.54) is 12.3 Å². The second kappa shape index (κ2) is 4.17. The monoisotopic (exact) mass is 259 g/mol. The average Bonchev–Trinajstić information content (AvgIpc) is 3.19. The van der Waals surface area contributed by atoms with Crippen molar-refractivity contribution in [2.75, 3.05) is 11.9 Å². The van der Waals surface area contributed by atoms with Crippen LogP contribution >= 0.6 is 0 Å². The van der Waals surface area contributed by atoms with Crippen LogP contribution in [0.15, 0.2) is 30.6 Å². The third kappa shape index (κ3) is 2.00. The molecule has 1 aromatic carbocycles. The van der Waals surface area contributed by atoms with E-state index < -0.39 is 4.92 Å². The molecule has 6 nitrogen and oxygen atoms in total. The zero-order valence-corrected chi connectivity index (χ0v) is 10.2. The maximum absolute atomic E-state index is 11.0. The molecule has 0 unspecified atom stereocenters. The molecule has 0 amide bonds. The first-order valence-electron chi connectivity index (χ1n) is 6.05. The first-order valence-corrected chi connectivity index (χ1v) is 6.05. The minimum absolute atomic E-state index is 0.0440. The van der Waals surface area contributed by atoms with Crippen LogP contribution in [0.2, 0.25) is 0 Å². The molecule has 1 heterocycles. The van der Waals surface area contributed by atoms with Crippen molar-refractivity contribution in [2.24, 2.45) is 0 Å². The summed E-state index contributed by atoms with van der Waals surface area (Å²) in [7, 11) is 0. The summed E-state index contributed by atoms with van der Waals surface area (Å²) in [5.74, 6) is 0. The van der Waals surface area contributed by atoms with Crippen molar-refractivity contribution in [3.63, 3.8) is 0 Å². The highest BCUT2D eigenvalue weighted by atomic mass is 16.6. The molecule has 0 spiro atoms. The molecule has 98 valence electrons. The Morgan fingerprint density at radius 2 is 2.16 bits per heavy atom. The molecule has 2 aromatic rings. The Kier molecular flexibility index (Phi) is 2.60. The molecule has 0 atom stereocenters. The molecule has 0 aliphatic heterocycles. The average molecular weight is 259 g/mol. The highest BCUT2D eigenvalue weighted by Crippen LogP contribution is 2.41. The zero-order chi connectivity index (χ0) is 13.5. The number of anilines is 1. The van der Waals surface area contributed by atoms with Gasteiger partial charge < -0.3 is 10.4 Å². The fraction of sp³-hybridized carbons (Fsp3) is 0.308. The molecule has 1 aliphatic carbocycles. The summed E-state index contributed by atoms with van der Waals surface area (Å²) < 4.78 is 0. The Morgan fingerprint density at radius 3 is 2.79 bits per heavy atom.